The van der Waals surface area contributed by atoms with E-state index >= 15 is 0 Å². The van der Waals surface area contributed by atoms with Crippen molar-refractivity contribution in [1.29, 1.82) is 0 Å². The zero-order chi connectivity index (χ0) is 17.6. The fourth-order valence-corrected chi connectivity index (χ4v) is 2.30. The van der Waals surface area contributed by atoms with Gasteiger partial charge in [0, 0.05) is 5.56 Å². The molecule has 0 atom stereocenters. The van der Waals surface area contributed by atoms with Gasteiger partial charge in [-0.1, -0.05) is 11.6 Å². The molecule has 0 aliphatic heterocycles. The maximum Gasteiger partial charge on any atom is 0.435 e. The first-order valence-electron chi connectivity index (χ1n) is 6.22. The van der Waals surface area contributed by atoms with Gasteiger partial charge in [-0.15, -0.1) is 0 Å². The van der Waals surface area contributed by atoms with E-state index in [2.05, 4.69) is 15.0 Å². The van der Waals surface area contributed by atoms with Gasteiger partial charge >= 0.3 is 11.9 Å². The van der Waals surface area contributed by atoms with Crippen LogP contribution in [0.3, 0.4) is 0 Å². The van der Waals surface area contributed by atoms with E-state index in [4.69, 9.17) is 16.0 Å². The molecule has 11 heteroatoms. The number of nitrogens with one attached hydrogen (secondary N) is 1. The summed E-state index contributed by atoms with van der Waals surface area (Å²) in [7, 11) is 0. The van der Waals surface area contributed by atoms with Crippen LogP contribution in [-0.2, 0) is 6.18 Å². The summed E-state index contributed by atoms with van der Waals surface area (Å²) in [6, 6.07) is 2.58. The van der Waals surface area contributed by atoms with Crippen LogP contribution in [0.2, 0.25) is 5.02 Å². The quantitative estimate of drug-likeness (QED) is 0.691. The highest BCUT2D eigenvalue weighted by Crippen LogP contribution is 2.36. The number of oxazole rings is 1. The molecule has 1 N–H and O–H groups in total. The molecule has 0 amide bonds. The fraction of sp³-hybridized carbons (Fsp3) is 0.154. The number of aromatic nitrogens is 3. The standard InChI is InChI=1S/C13H5ClF5N3O2/c14-5-2-1-4(9-7(5)22-12(23)24-9)6-3-20-10(13(17,18)19)8(21-6)11(15)16/h1-3,11H,(H,22,23). The molecule has 0 fully saturated rings. The molecule has 1 aromatic carbocycles. The number of halogens is 6. The minimum atomic E-state index is -5.08. The zero-order valence-electron chi connectivity index (χ0n) is 11.3. The molecule has 5 nitrogen and oxygen atoms in total. The molecule has 0 radical (unpaired) electrons. The third-order valence-corrected chi connectivity index (χ3v) is 3.39. The van der Waals surface area contributed by atoms with E-state index in [1.807, 2.05) is 0 Å². The van der Waals surface area contributed by atoms with E-state index in [-0.39, 0.29) is 27.4 Å². The number of alkyl halides is 5. The molecule has 2 heterocycles. The number of nitrogens with zero attached hydrogens (tertiary/aromatic N) is 2. The Balaban J connectivity index is 2.26. The molecular formula is C13H5ClF5N3O2. The van der Waals surface area contributed by atoms with Gasteiger partial charge in [-0.2, -0.15) is 13.2 Å². The summed E-state index contributed by atoms with van der Waals surface area (Å²) in [4.78, 5) is 20.0. The summed E-state index contributed by atoms with van der Waals surface area (Å²) in [5.74, 6) is -0.867. The van der Waals surface area contributed by atoms with Gasteiger partial charge < -0.3 is 4.42 Å². The average Bonchev–Trinajstić information content (AvgIpc) is 2.88. The average molecular weight is 366 g/mol. The molecule has 24 heavy (non-hydrogen) atoms. The molecule has 0 spiro atoms. The highest BCUT2D eigenvalue weighted by atomic mass is 35.5. The first kappa shape index (κ1) is 16.4. The molecule has 0 bridgehead atoms. The van der Waals surface area contributed by atoms with Gasteiger partial charge in [0.15, 0.2) is 11.3 Å². The van der Waals surface area contributed by atoms with E-state index in [1.165, 1.54) is 12.1 Å². The highest BCUT2D eigenvalue weighted by Gasteiger charge is 2.39. The molecule has 0 saturated heterocycles. The topological polar surface area (TPSA) is 71.8 Å². The van der Waals surface area contributed by atoms with Crippen LogP contribution in [0.1, 0.15) is 17.8 Å². The summed E-state index contributed by atoms with van der Waals surface area (Å²) in [5.41, 5.74) is -3.66. The fourth-order valence-electron chi connectivity index (χ4n) is 2.11. The number of aromatic amines is 1. The van der Waals surface area contributed by atoms with Gasteiger partial charge in [-0.3, -0.25) is 4.98 Å². The van der Waals surface area contributed by atoms with Crippen molar-refractivity contribution in [2.75, 3.05) is 0 Å². The molecule has 3 aromatic rings. The van der Waals surface area contributed by atoms with E-state index in [9.17, 15) is 26.7 Å². The lowest BCUT2D eigenvalue weighted by molar-refractivity contribution is -0.143. The van der Waals surface area contributed by atoms with Crippen molar-refractivity contribution >= 4 is 22.7 Å². The van der Waals surface area contributed by atoms with Crippen LogP contribution in [0.15, 0.2) is 27.5 Å². The van der Waals surface area contributed by atoms with Crippen LogP contribution < -0.4 is 5.76 Å². The van der Waals surface area contributed by atoms with Crippen molar-refractivity contribution in [3.63, 3.8) is 0 Å². The van der Waals surface area contributed by atoms with Crippen LogP contribution in [-0.4, -0.2) is 15.0 Å². The molecule has 0 unspecified atom stereocenters. The highest BCUT2D eigenvalue weighted by molar-refractivity contribution is 6.35. The lowest BCUT2D eigenvalue weighted by Crippen LogP contribution is -2.14. The van der Waals surface area contributed by atoms with Crippen molar-refractivity contribution in [3.05, 3.63) is 45.3 Å². The lowest BCUT2D eigenvalue weighted by Gasteiger charge is -2.12. The normalized spacial score (nSPS) is 12.3. The van der Waals surface area contributed by atoms with Crippen molar-refractivity contribution in [1.82, 2.24) is 15.0 Å². The van der Waals surface area contributed by atoms with E-state index in [1.54, 1.807) is 0 Å². The summed E-state index contributed by atoms with van der Waals surface area (Å²) in [6.07, 6.45) is -7.90. The molecule has 126 valence electrons. The lowest BCUT2D eigenvalue weighted by atomic mass is 10.1. The number of H-pyrrole nitrogens is 1. The summed E-state index contributed by atoms with van der Waals surface area (Å²) >= 11 is 5.86. The Bertz CT molecular complexity index is 980. The van der Waals surface area contributed by atoms with Crippen molar-refractivity contribution in [3.8, 4) is 11.3 Å². The molecule has 0 aliphatic carbocycles. The van der Waals surface area contributed by atoms with Crippen molar-refractivity contribution in [2.45, 2.75) is 12.6 Å². The molecule has 2 aromatic heterocycles. The number of rotatable bonds is 2. The summed E-state index contributed by atoms with van der Waals surface area (Å²) in [6.45, 7) is 0. The Morgan fingerprint density at radius 3 is 2.58 bits per heavy atom. The Morgan fingerprint density at radius 2 is 1.96 bits per heavy atom. The van der Waals surface area contributed by atoms with Crippen LogP contribution in [0.25, 0.3) is 22.4 Å². The van der Waals surface area contributed by atoms with Crippen molar-refractivity contribution in [2.24, 2.45) is 0 Å². The SMILES string of the molecule is O=c1[nH]c2c(Cl)ccc(-c3cnc(C(F)(F)F)c(C(F)F)n3)c2o1. The Labute approximate surface area is 134 Å². The predicted molar refractivity (Wildman–Crippen MR) is 72.8 cm³/mol. The minimum Gasteiger partial charge on any atom is -0.407 e. The summed E-state index contributed by atoms with van der Waals surface area (Å²) < 4.78 is 68.9. The molecule has 3 rings (SSSR count). The second kappa shape index (κ2) is 5.55. The predicted octanol–water partition coefficient (Wildman–Crippen LogP) is 4.19. The smallest absolute Gasteiger partial charge is 0.407 e. The van der Waals surface area contributed by atoms with Crippen LogP contribution >= 0.6 is 11.6 Å². The van der Waals surface area contributed by atoms with Gasteiger partial charge in [0.2, 0.25) is 0 Å². The van der Waals surface area contributed by atoms with Crippen LogP contribution in [0.4, 0.5) is 22.0 Å². The molecule has 0 saturated carbocycles. The minimum absolute atomic E-state index is 0.00382. The monoisotopic (exact) mass is 365 g/mol. The molecule has 0 aliphatic rings. The number of fused-ring (bicyclic) bond motifs is 1. The third-order valence-electron chi connectivity index (χ3n) is 3.08. The van der Waals surface area contributed by atoms with Gasteiger partial charge in [0.05, 0.1) is 16.9 Å². The number of benzene rings is 1. The Kier molecular flexibility index (Phi) is 3.78. The third kappa shape index (κ3) is 2.73. The van der Waals surface area contributed by atoms with E-state index < -0.39 is 29.7 Å². The maximum absolute atomic E-state index is 12.9. The maximum atomic E-state index is 12.9. The summed E-state index contributed by atoms with van der Waals surface area (Å²) in [5, 5.41) is 0.105. The zero-order valence-corrected chi connectivity index (χ0v) is 12.0. The van der Waals surface area contributed by atoms with Crippen molar-refractivity contribution < 1.29 is 26.4 Å². The van der Waals surface area contributed by atoms with E-state index in [0.29, 0.717) is 6.20 Å². The largest absolute Gasteiger partial charge is 0.435 e. The number of hydrogen-bond donors (Lipinski definition) is 1. The van der Waals surface area contributed by atoms with Gasteiger partial charge in [-0.25, -0.2) is 23.5 Å². The van der Waals surface area contributed by atoms with Gasteiger partial charge in [0.1, 0.15) is 11.2 Å². The van der Waals surface area contributed by atoms with Gasteiger partial charge in [-0.05, 0) is 12.1 Å². The second-order valence-corrected chi connectivity index (χ2v) is 5.01. The first-order chi connectivity index (χ1) is 11.2. The van der Waals surface area contributed by atoms with E-state index in [0.717, 1.165) is 0 Å². The first-order valence-corrected chi connectivity index (χ1v) is 6.60. The van der Waals surface area contributed by atoms with Gasteiger partial charge in [0.25, 0.3) is 6.43 Å². The molecular weight excluding hydrogens is 361 g/mol. The Hall–Kier alpha value is -2.49. The van der Waals surface area contributed by atoms with Crippen LogP contribution in [0.5, 0.6) is 0 Å². The van der Waals surface area contributed by atoms with Crippen LogP contribution in [0, 0.1) is 0 Å². The number of hydrogen-bond acceptors (Lipinski definition) is 4. The Morgan fingerprint density at radius 1 is 1.25 bits per heavy atom. The second-order valence-electron chi connectivity index (χ2n) is 4.60.